The normalized spacial score (nSPS) is 15.1. The minimum absolute atomic E-state index is 0.00412. The van der Waals surface area contributed by atoms with E-state index in [9.17, 15) is 5.11 Å². The van der Waals surface area contributed by atoms with Crippen LogP contribution in [0.5, 0.6) is 0 Å². The third kappa shape index (κ3) is 2.92. The van der Waals surface area contributed by atoms with E-state index in [0.29, 0.717) is 0 Å². The summed E-state index contributed by atoms with van der Waals surface area (Å²) in [6.07, 6.45) is 3.73. The first kappa shape index (κ1) is 13.3. The molecule has 0 amide bonds. The van der Waals surface area contributed by atoms with Crippen LogP contribution in [0, 0.1) is 0 Å². The van der Waals surface area contributed by atoms with E-state index in [1.807, 2.05) is 18.2 Å². The molecule has 1 aliphatic rings. The molecule has 20 heavy (non-hydrogen) atoms. The number of fused-ring (bicyclic) bond motifs is 1. The smallest absolute Gasteiger partial charge is 0.0626 e. The molecule has 0 saturated heterocycles. The predicted octanol–water partition coefficient (Wildman–Crippen LogP) is 3.00. The van der Waals surface area contributed by atoms with Gasteiger partial charge in [0.1, 0.15) is 0 Å². The van der Waals surface area contributed by atoms with Gasteiger partial charge in [0.15, 0.2) is 0 Å². The number of aryl methyl sites for hydroxylation is 2. The van der Waals surface area contributed by atoms with Gasteiger partial charge in [-0.05, 0) is 41.5 Å². The Morgan fingerprint density at radius 2 is 1.80 bits per heavy atom. The molecule has 0 fully saturated rings. The fraction of sp³-hybridized carbons (Fsp3) is 0.333. The zero-order chi connectivity index (χ0) is 13.8. The van der Waals surface area contributed by atoms with Gasteiger partial charge in [0.2, 0.25) is 0 Å². The van der Waals surface area contributed by atoms with E-state index in [1.165, 1.54) is 36.0 Å². The topological polar surface area (TPSA) is 32.3 Å². The van der Waals surface area contributed by atoms with Crippen LogP contribution in [0.15, 0.2) is 48.5 Å². The molecule has 1 atom stereocenters. The van der Waals surface area contributed by atoms with E-state index >= 15 is 0 Å². The van der Waals surface area contributed by atoms with Crippen LogP contribution in [0.25, 0.3) is 0 Å². The van der Waals surface area contributed by atoms with Crippen molar-refractivity contribution in [3.05, 3.63) is 70.8 Å². The molecule has 1 unspecified atom stereocenters. The highest BCUT2D eigenvalue weighted by Crippen LogP contribution is 2.23. The second-order valence-corrected chi connectivity index (χ2v) is 5.48. The number of aliphatic hydroxyl groups excluding tert-OH is 1. The molecule has 0 aromatic heterocycles. The highest BCUT2D eigenvalue weighted by atomic mass is 16.3. The van der Waals surface area contributed by atoms with Crippen molar-refractivity contribution in [1.82, 2.24) is 5.32 Å². The van der Waals surface area contributed by atoms with Gasteiger partial charge in [0.05, 0.1) is 12.6 Å². The van der Waals surface area contributed by atoms with Gasteiger partial charge >= 0.3 is 0 Å². The molecular weight excluding hydrogens is 246 g/mol. The van der Waals surface area contributed by atoms with E-state index in [0.717, 1.165) is 12.1 Å². The van der Waals surface area contributed by atoms with Gasteiger partial charge in [0.25, 0.3) is 0 Å². The third-order valence-corrected chi connectivity index (χ3v) is 4.10. The van der Waals surface area contributed by atoms with Crippen molar-refractivity contribution in [2.75, 3.05) is 6.61 Å². The van der Waals surface area contributed by atoms with Gasteiger partial charge in [-0.15, -0.1) is 0 Å². The van der Waals surface area contributed by atoms with Crippen LogP contribution in [0.4, 0.5) is 0 Å². The van der Waals surface area contributed by atoms with Crippen molar-refractivity contribution in [2.24, 2.45) is 0 Å². The lowest BCUT2D eigenvalue weighted by Gasteiger charge is -2.17. The van der Waals surface area contributed by atoms with Crippen LogP contribution in [-0.4, -0.2) is 11.7 Å². The Morgan fingerprint density at radius 1 is 1.00 bits per heavy atom. The molecule has 2 N–H and O–H groups in total. The lowest BCUT2D eigenvalue weighted by atomic mass is 10.0. The summed E-state index contributed by atoms with van der Waals surface area (Å²) >= 11 is 0. The van der Waals surface area contributed by atoms with Gasteiger partial charge in [0, 0.05) is 6.54 Å². The quantitative estimate of drug-likeness (QED) is 0.873. The summed E-state index contributed by atoms with van der Waals surface area (Å²) in [6, 6.07) is 16.9. The maximum Gasteiger partial charge on any atom is 0.0626 e. The minimum Gasteiger partial charge on any atom is -0.394 e. The zero-order valence-corrected chi connectivity index (χ0v) is 11.7. The summed E-state index contributed by atoms with van der Waals surface area (Å²) < 4.78 is 0. The maximum atomic E-state index is 9.55. The molecule has 0 heterocycles. The Kier molecular flexibility index (Phi) is 4.14. The summed E-state index contributed by atoms with van der Waals surface area (Å²) in [4.78, 5) is 0. The molecule has 0 saturated carbocycles. The molecule has 2 aromatic rings. The number of hydrogen-bond acceptors (Lipinski definition) is 2. The van der Waals surface area contributed by atoms with Crippen LogP contribution < -0.4 is 5.32 Å². The van der Waals surface area contributed by atoms with Gasteiger partial charge in [-0.25, -0.2) is 0 Å². The summed E-state index contributed by atoms with van der Waals surface area (Å²) in [5.41, 5.74) is 5.45. The molecule has 1 aliphatic carbocycles. The standard InChI is InChI=1S/C18H21NO/c20-13-18(16-5-2-1-3-6-16)19-12-14-9-10-15-7-4-8-17(15)11-14/h1-3,5-6,9-11,18-20H,4,7-8,12-13H2. The first-order valence-electron chi connectivity index (χ1n) is 7.36. The molecular formula is C18H21NO. The molecule has 104 valence electrons. The SMILES string of the molecule is OCC(NCc1ccc2c(c1)CCC2)c1ccccc1. The average molecular weight is 267 g/mol. The Morgan fingerprint density at radius 3 is 2.60 bits per heavy atom. The second-order valence-electron chi connectivity index (χ2n) is 5.48. The molecule has 2 nitrogen and oxygen atoms in total. The minimum atomic E-state index is 0.00412. The van der Waals surface area contributed by atoms with Crippen LogP contribution >= 0.6 is 0 Å². The Hall–Kier alpha value is -1.64. The lowest BCUT2D eigenvalue weighted by Crippen LogP contribution is -2.24. The summed E-state index contributed by atoms with van der Waals surface area (Å²) in [5.74, 6) is 0. The van der Waals surface area contributed by atoms with Gasteiger partial charge < -0.3 is 10.4 Å². The number of nitrogens with one attached hydrogen (secondary N) is 1. The van der Waals surface area contributed by atoms with Crippen LogP contribution in [0.3, 0.4) is 0 Å². The van der Waals surface area contributed by atoms with Crippen LogP contribution in [-0.2, 0) is 19.4 Å². The second kappa shape index (κ2) is 6.21. The molecule has 0 radical (unpaired) electrons. The number of aliphatic hydroxyl groups is 1. The van der Waals surface area contributed by atoms with E-state index < -0.39 is 0 Å². The third-order valence-electron chi connectivity index (χ3n) is 4.10. The highest BCUT2D eigenvalue weighted by Gasteiger charge is 2.12. The molecule has 2 heteroatoms. The van der Waals surface area contributed by atoms with Crippen molar-refractivity contribution < 1.29 is 5.11 Å². The van der Waals surface area contributed by atoms with E-state index in [2.05, 4.69) is 35.6 Å². The molecule has 3 rings (SSSR count). The van der Waals surface area contributed by atoms with Gasteiger partial charge in [-0.1, -0.05) is 48.5 Å². The van der Waals surface area contributed by atoms with E-state index in [-0.39, 0.29) is 12.6 Å². The van der Waals surface area contributed by atoms with Crippen molar-refractivity contribution in [1.29, 1.82) is 0 Å². The summed E-state index contributed by atoms with van der Waals surface area (Å²) in [6.45, 7) is 0.919. The van der Waals surface area contributed by atoms with E-state index in [1.54, 1.807) is 0 Å². The number of hydrogen-bond donors (Lipinski definition) is 2. The average Bonchev–Trinajstić information content (AvgIpc) is 2.96. The van der Waals surface area contributed by atoms with E-state index in [4.69, 9.17) is 0 Å². The Labute approximate surface area is 120 Å². The van der Waals surface area contributed by atoms with Crippen molar-refractivity contribution in [3.63, 3.8) is 0 Å². The number of rotatable bonds is 5. The molecule has 0 aliphatic heterocycles. The summed E-state index contributed by atoms with van der Waals surface area (Å²) in [5, 5.41) is 13.0. The predicted molar refractivity (Wildman–Crippen MR) is 81.6 cm³/mol. The lowest BCUT2D eigenvalue weighted by molar-refractivity contribution is 0.243. The van der Waals surface area contributed by atoms with Crippen molar-refractivity contribution >= 4 is 0 Å². The number of benzene rings is 2. The van der Waals surface area contributed by atoms with Crippen LogP contribution in [0.2, 0.25) is 0 Å². The fourth-order valence-corrected chi connectivity index (χ4v) is 2.95. The Bertz CT molecular complexity index is 565. The summed E-state index contributed by atoms with van der Waals surface area (Å²) in [7, 11) is 0. The molecule has 0 bridgehead atoms. The first-order chi connectivity index (χ1) is 9.86. The fourth-order valence-electron chi connectivity index (χ4n) is 2.95. The van der Waals surface area contributed by atoms with Crippen molar-refractivity contribution in [2.45, 2.75) is 31.8 Å². The molecule has 0 spiro atoms. The largest absolute Gasteiger partial charge is 0.394 e. The van der Waals surface area contributed by atoms with Crippen molar-refractivity contribution in [3.8, 4) is 0 Å². The first-order valence-corrected chi connectivity index (χ1v) is 7.36. The van der Waals surface area contributed by atoms with Gasteiger partial charge in [-0.2, -0.15) is 0 Å². The zero-order valence-electron chi connectivity index (χ0n) is 11.7. The molecule has 2 aromatic carbocycles. The Balaban J connectivity index is 1.66. The van der Waals surface area contributed by atoms with Gasteiger partial charge in [-0.3, -0.25) is 0 Å². The van der Waals surface area contributed by atoms with Crippen LogP contribution in [0.1, 0.15) is 34.7 Å². The maximum absolute atomic E-state index is 9.55. The monoisotopic (exact) mass is 267 g/mol. The highest BCUT2D eigenvalue weighted by molar-refractivity contribution is 5.35.